The number of hydrogen-bond acceptors (Lipinski definition) is 3. The van der Waals surface area contributed by atoms with Crippen LogP contribution < -0.4 is 4.90 Å². The SMILES string of the molecule is c1ccc(-c2cccc3cc(-c4ccc(N(c5ccc6c(c5)oc5ccccc56)c5ccc6c(c5)oc5ccccc56)cc4)ccc23)cc1. The van der Waals surface area contributed by atoms with E-state index < -0.39 is 0 Å². The zero-order valence-corrected chi connectivity index (χ0v) is 26.5. The van der Waals surface area contributed by atoms with Gasteiger partial charge in [-0.25, -0.2) is 0 Å². The maximum atomic E-state index is 6.33. The van der Waals surface area contributed by atoms with Gasteiger partial charge in [0.1, 0.15) is 22.3 Å². The molecule has 8 aromatic carbocycles. The van der Waals surface area contributed by atoms with Crippen molar-refractivity contribution in [3.05, 3.63) is 176 Å². The maximum absolute atomic E-state index is 6.33. The molecule has 0 saturated heterocycles. The second-order valence-electron chi connectivity index (χ2n) is 12.5. The van der Waals surface area contributed by atoms with Gasteiger partial charge >= 0.3 is 0 Å². The van der Waals surface area contributed by atoms with Crippen LogP contribution in [0.15, 0.2) is 185 Å². The predicted molar refractivity (Wildman–Crippen MR) is 204 cm³/mol. The van der Waals surface area contributed by atoms with Crippen molar-refractivity contribution in [3.8, 4) is 22.3 Å². The highest BCUT2D eigenvalue weighted by atomic mass is 16.3. The van der Waals surface area contributed by atoms with E-state index in [1.807, 2.05) is 24.3 Å². The molecule has 0 bridgehead atoms. The third-order valence-corrected chi connectivity index (χ3v) is 9.67. The number of benzene rings is 8. The first-order valence-corrected chi connectivity index (χ1v) is 16.6. The molecule has 49 heavy (non-hydrogen) atoms. The predicted octanol–water partition coefficient (Wildman–Crippen LogP) is 13.4. The van der Waals surface area contributed by atoms with Crippen molar-refractivity contribution in [1.29, 1.82) is 0 Å². The molecule has 0 N–H and O–H groups in total. The molecular weight excluding hydrogens is 599 g/mol. The lowest BCUT2D eigenvalue weighted by atomic mass is 9.95. The molecular formula is C46H29NO2. The first kappa shape index (κ1) is 27.5. The smallest absolute Gasteiger partial charge is 0.137 e. The maximum Gasteiger partial charge on any atom is 0.137 e. The van der Waals surface area contributed by atoms with Gasteiger partial charge in [-0.1, -0.05) is 109 Å². The van der Waals surface area contributed by atoms with Crippen molar-refractivity contribution in [2.45, 2.75) is 0 Å². The summed E-state index contributed by atoms with van der Waals surface area (Å²) in [5.41, 5.74) is 11.4. The quantitative estimate of drug-likeness (QED) is 0.190. The first-order chi connectivity index (χ1) is 24.3. The number of anilines is 3. The summed E-state index contributed by atoms with van der Waals surface area (Å²) in [4.78, 5) is 2.27. The van der Waals surface area contributed by atoms with Crippen LogP contribution in [0, 0.1) is 0 Å². The van der Waals surface area contributed by atoms with Crippen LogP contribution in [0.25, 0.3) is 76.9 Å². The number of hydrogen-bond donors (Lipinski definition) is 0. The normalized spacial score (nSPS) is 11.7. The van der Waals surface area contributed by atoms with E-state index in [-0.39, 0.29) is 0 Å². The van der Waals surface area contributed by atoms with Gasteiger partial charge in [0.05, 0.1) is 0 Å². The Hall–Kier alpha value is -6.58. The first-order valence-electron chi connectivity index (χ1n) is 16.6. The van der Waals surface area contributed by atoms with Crippen LogP contribution in [0.4, 0.5) is 17.1 Å². The van der Waals surface area contributed by atoms with Crippen LogP contribution in [0.5, 0.6) is 0 Å². The summed E-state index contributed by atoms with van der Waals surface area (Å²) in [6, 6.07) is 62.1. The van der Waals surface area contributed by atoms with Gasteiger partial charge in [0.15, 0.2) is 0 Å². The molecule has 3 heteroatoms. The molecule has 0 fully saturated rings. The summed E-state index contributed by atoms with van der Waals surface area (Å²) in [5.74, 6) is 0. The number of rotatable bonds is 5. The summed E-state index contributed by atoms with van der Waals surface area (Å²) < 4.78 is 12.7. The Labute approximate surface area is 282 Å². The Morgan fingerprint density at radius 1 is 0.306 bits per heavy atom. The van der Waals surface area contributed by atoms with Gasteiger partial charge in [-0.2, -0.15) is 0 Å². The van der Waals surface area contributed by atoms with Crippen molar-refractivity contribution < 1.29 is 8.83 Å². The third-order valence-electron chi connectivity index (χ3n) is 9.67. The molecule has 0 atom stereocenters. The summed E-state index contributed by atoms with van der Waals surface area (Å²) in [6.07, 6.45) is 0. The Morgan fingerprint density at radius 2 is 0.837 bits per heavy atom. The minimum absolute atomic E-state index is 0.858. The largest absolute Gasteiger partial charge is 0.456 e. The third kappa shape index (κ3) is 4.59. The van der Waals surface area contributed by atoms with E-state index in [0.29, 0.717) is 0 Å². The lowest BCUT2D eigenvalue weighted by molar-refractivity contribution is 0.669. The van der Waals surface area contributed by atoms with Crippen molar-refractivity contribution >= 4 is 71.7 Å². The second kappa shape index (κ2) is 11.0. The molecule has 0 radical (unpaired) electrons. The van der Waals surface area contributed by atoms with Crippen LogP contribution in [-0.2, 0) is 0 Å². The van der Waals surface area contributed by atoms with Gasteiger partial charge in [-0.05, 0) is 87.6 Å². The zero-order chi connectivity index (χ0) is 32.3. The fraction of sp³-hybridized carbons (Fsp3) is 0. The molecule has 10 aromatic rings. The molecule has 0 unspecified atom stereocenters. The van der Waals surface area contributed by atoms with Crippen LogP contribution in [0.3, 0.4) is 0 Å². The average molecular weight is 628 g/mol. The summed E-state index contributed by atoms with van der Waals surface area (Å²) in [5, 5.41) is 6.93. The van der Waals surface area contributed by atoms with Gasteiger partial charge in [-0.3, -0.25) is 0 Å². The van der Waals surface area contributed by atoms with Gasteiger partial charge in [0.25, 0.3) is 0 Å². The van der Waals surface area contributed by atoms with E-state index in [4.69, 9.17) is 8.83 Å². The second-order valence-corrected chi connectivity index (χ2v) is 12.5. The Bertz CT molecular complexity index is 2710. The number of para-hydroxylation sites is 2. The van der Waals surface area contributed by atoms with Crippen LogP contribution >= 0.6 is 0 Å². The van der Waals surface area contributed by atoms with Crippen molar-refractivity contribution in [2.24, 2.45) is 0 Å². The van der Waals surface area contributed by atoms with Gasteiger partial charge in [0, 0.05) is 50.7 Å². The Kier molecular flexibility index (Phi) is 6.18. The molecule has 0 saturated carbocycles. The number of furan rings is 2. The van der Waals surface area contributed by atoms with Crippen LogP contribution in [0.1, 0.15) is 0 Å². The summed E-state index contributed by atoms with van der Waals surface area (Å²) >= 11 is 0. The van der Waals surface area contributed by atoms with Gasteiger partial charge in [-0.15, -0.1) is 0 Å². The van der Waals surface area contributed by atoms with Gasteiger partial charge < -0.3 is 13.7 Å². The van der Waals surface area contributed by atoms with E-state index in [2.05, 4.69) is 157 Å². The van der Waals surface area contributed by atoms with Crippen molar-refractivity contribution in [2.75, 3.05) is 4.90 Å². The topological polar surface area (TPSA) is 29.5 Å². The van der Waals surface area contributed by atoms with Crippen molar-refractivity contribution in [3.63, 3.8) is 0 Å². The fourth-order valence-corrected chi connectivity index (χ4v) is 7.29. The van der Waals surface area contributed by atoms with E-state index in [1.54, 1.807) is 0 Å². The molecule has 0 aliphatic carbocycles. The average Bonchev–Trinajstić information content (AvgIpc) is 3.73. The molecule has 2 heterocycles. The molecule has 0 aliphatic heterocycles. The minimum Gasteiger partial charge on any atom is -0.456 e. The highest BCUT2D eigenvalue weighted by Crippen LogP contribution is 2.41. The fourth-order valence-electron chi connectivity index (χ4n) is 7.29. The van der Waals surface area contributed by atoms with E-state index in [9.17, 15) is 0 Å². The lowest BCUT2D eigenvalue weighted by Crippen LogP contribution is -2.09. The molecule has 2 aromatic heterocycles. The minimum atomic E-state index is 0.858. The standard InChI is InChI=1S/C46H29NO2/c1-2-9-31(10-3-1)37-14-8-11-33-27-32(19-24-38(33)37)30-17-20-34(21-18-30)47(35-22-25-41-39-12-4-6-15-43(39)48-45(41)28-35)36-23-26-42-40-13-5-7-16-44(40)49-46(42)29-36/h1-29H. The molecule has 0 aliphatic rings. The lowest BCUT2D eigenvalue weighted by Gasteiger charge is -2.25. The molecule has 10 rings (SSSR count). The summed E-state index contributed by atoms with van der Waals surface area (Å²) in [6.45, 7) is 0. The number of nitrogens with zero attached hydrogens (tertiary/aromatic N) is 1. The van der Waals surface area contributed by atoms with Crippen LogP contribution in [-0.4, -0.2) is 0 Å². The monoisotopic (exact) mass is 627 g/mol. The van der Waals surface area contributed by atoms with Gasteiger partial charge in [0.2, 0.25) is 0 Å². The molecule has 230 valence electrons. The molecule has 3 nitrogen and oxygen atoms in total. The van der Waals surface area contributed by atoms with Crippen LogP contribution in [0.2, 0.25) is 0 Å². The Balaban J connectivity index is 1.08. The van der Waals surface area contributed by atoms with Crippen molar-refractivity contribution in [1.82, 2.24) is 0 Å². The zero-order valence-electron chi connectivity index (χ0n) is 26.5. The highest BCUT2D eigenvalue weighted by molar-refractivity contribution is 6.08. The van der Waals surface area contributed by atoms with E-state index in [0.717, 1.165) is 66.5 Å². The Morgan fingerprint density at radius 3 is 1.49 bits per heavy atom. The number of fused-ring (bicyclic) bond motifs is 7. The highest BCUT2D eigenvalue weighted by Gasteiger charge is 2.18. The summed E-state index contributed by atoms with van der Waals surface area (Å²) in [7, 11) is 0. The molecule has 0 spiro atoms. The van der Waals surface area contributed by atoms with E-state index in [1.165, 1.54) is 27.5 Å². The molecule has 0 amide bonds. The van der Waals surface area contributed by atoms with E-state index >= 15 is 0 Å².